The van der Waals surface area contributed by atoms with E-state index >= 15 is 0 Å². The van der Waals surface area contributed by atoms with Gasteiger partial charge in [0.2, 0.25) is 0 Å². The molecule has 0 heterocycles. The summed E-state index contributed by atoms with van der Waals surface area (Å²) in [6, 6.07) is 0. The van der Waals surface area contributed by atoms with Gasteiger partial charge in [-0.25, -0.2) is 18.4 Å². The maximum absolute atomic E-state index is 12.9. The van der Waals surface area contributed by atoms with E-state index in [-0.39, 0.29) is 0 Å². The third kappa shape index (κ3) is 4.68. The molecule has 0 aromatic heterocycles. The van der Waals surface area contributed by atoms with Gasteiger partial charge in [0.05, 0.1) is 0 Å². The fraction of sp³-hybridized carbons (Fsp3) is 0.857. The standard InChI is InChI=1S/C14H19F5O7S/c1-2-12(6-4-3-5-7-12)26-9(20)8-25-11(21)13(10(15)16,14(17,18)19)27(22,23)24/h10H,2-8H2,1H3,(H,22,23,24). The average molecular weight is 426 g/mol. The van der Waals surface area contributed by atoms with Crippen LogP contribution in [0.15, 0.2) is 0 Å². The number of hydrogen-bond acceptors (Lipinski definition) is 6. The van der Waals surface area contributed by atoms with Crippen LogP contribution < -0.4 is 0 Å². The highest BCUT2D eigenvalue weighted by Crippen LogP contribution is 2.42. The minimum absolute atomic E-state index is 0.376. The molecule has 0 radical (unpaired) electrons. The molecule has 1 atom stereocenters. The lowest BCUT2D eigenvalue weighted by Crippen LogP contribution is -2.63. The highest BCUT2D eigenvalue weighted by atomic mass is 32.2. The van der Waals surface area contributed by atoms with Crippen LogP contribution in [0.25, 0.3) is 0 Å². The molecule has 1 fully saturated rings. The number of halogens is 5. The second-order valence-electron chi connectivity index (χ2n) is 6.16. The lowest BCUT2D eigenvalue weighted by Gasteiger charge is -2.36. The van der Waals surface area contributed by atoms with Gasteiger partial charge in [-0.2, -0.15) is 21.6 Å². The highest BCUT2D eigenvalue weighted by Gasteiger charge is 2.76. The zero-order chi connectivity index (χ0) is 21.1. The second kappa shape index (κ2) is 8.25. The van der Waals surface area contributed by atoms with Gasteiger partial charge in [0, 0.05) is 0 Å². The summed E-state index contributed by atoms with van der Waals surface area (Å²) >= 11 is 0. The molecule has 0 amide bonds. The van der Waals surface area contributed by atoms with Gasteiger partial charge in [-0.15, -0.1) is 0 Å². The molecule has 13 heteroatoms. The molecule has 0 aromatic carbocycles. The monoisotopic (exact) mass is 426 g/mol. The Kier molecular flexibility index (Phi) is 7.19. The molecule has 0 bridgehead atoms. The van der Waals surface area contributed by atoms with Crippen molar-refractivity contribution in [1.29, 1.82) is 0 Å². The SMILES string of the molecule is CCC1(OC(=O)COC(=O)C(C(F)F)(C(F)(F)F)S(=O)(=O)O)CCCCC1. The first-order valence-electron chi connectivity index (χ1n) is 7.94. The first-order valence-corrected chi connectivity index (χ1v) is 9.38. The number of carbonyl (C=O) groups is 2. The molecule has 158 valence electrons. The van der Waals surface area contributed by atoms with Crippen LogP contribution in [0.1, 0.15) is 45.4 Å². The number of carbonyl (C=O) groups excluding carboxylic acids is 2. The van der Waals surface area contributed by atoms with Crippen LogP contribution >= 0.6 is 0 Å². The highest BCUT2D eigenvalue weighted by molar-refractivity contribution is 7.88. The summed E-state index contributed by atoms with van der Waals surface area (Å²) in [6.07, 6.45) is -7.62. The first kappa shape index (κ1) is 23.5. The first-order chi connectivity index (χ1) is 12.2. The fourth-order valence-corrected chi connectivity index (χ4v) is 3.71. The Labute approximate surface area is 151 Å². The zero-order valence-corrected chi connectivity index (χ0v) is 15.0. The number of ether oxygens (including phenoxy) is 2. The maximum atomic E-state index is 12.9. The van der Waals surface area contributed by atoms with Gasteiger partial charge in [-0.1, -0.05) is 13.3 Å². The normalized spacial score (nSPS) is 20.0. The van der Waals surface area contributed by atoms with E-state index < -0.39 is 51.6 Å². The van der Waals surface area contributed by atoms with E-state index in [1.807, 2.05) is 0 Å². The van der Waals surface area contributed by atoms with E-state index in [1.54, 1.807) is 6.92 Å². The topological polar surface area (TPSA) is 107 Å². The van der Waals surface area contributed by atoms with Gasteiger partial charge in [0.25, 0.3) is 16.5 Å². The molecule has 0 aliphatic heterocycles. The fourth-order valence-electron chi connectivity index (χ4n) is 2.92. The molecule has 7 nitrogen and oxygen atoms in total. The summed E-state index contributed by atoms with van der Waals surface area (Å²) in [5.74, 6) is -4.33. The van der Waals surface area contributed by atoms with Crippen molar-refractivity contribution in [3.63, 3.8) is 0 Å². The van der Waals surface area contributed by atoms with Crippen LogP contribution in [0.2, 0.25) is 0 Å². The Hall–Kier alpha value is -1.50. The molecule has 1 saturated carbocycles. The van der Waals surface area contributed by atoms with Crippen LogP contribution in [-0.4, -0.2) is 54.5 Å². The van der Waals surface area contributed by atoms with Gasteiger partial charge in [0.15, 0.2) is 6.61 Å². The van der Waals surface area contributed by atoms with Crippen molar-refractivity contribution in [2.24, 2.45) is 0 Å². The molecule has 1 aliphatic rings. The molecule has 27 heavy (non-hydrogen) atoms. The summed E-state index contributed by atoms with van der Waals surface area (Å²) in [5, 5.41) is 0. The Bertz CT molecular complexity index is 655. The molecular formula is C14H19F5O7S. The van der Waals surface area contributed by atoms with Crippen molar-refractivity contribution in [3.05, 3.63) is 0 Å². The molecule has 0 saturated heterocycles. The van der Waals surface area contributed by atoms with E-state index in [0.29, 0.717) is 19.3 Å². The predicted octanol–water partition coefficient (Wildman–Crippen LogP) is 2.64. The number of esters is 2. The van der Waals surface area contributed by atoms with Crippen LogP contribution in [0.4, 0.5) is 22.0 Å². The molecular weight excluding hydrogens is 407 g/mol. The van der Waals surface area contributed by atoms with Gasteiger partial charge in [-0.3, -0.25) is 4.55 Å². The van der Waals surface area contributed by atoms with E-state index in [1.165, 1.54) is 0 Å². The van der Waals surface area contributed by atoms with Crippen molar-refractivity contribution in [2.75, 3.05) is 6.61 Å². The van der Waals surface area contributed by atoms with Crippen LogP contribution in [-0.2, 0) is 29.2 Å². The van der Waals surface area contributed by atoms with E-state index in [2.05, 4.69) is 4.74 Å². The Morgan fingerprint density at radius 2 is 1.67 bits per heavy atom. The van der Waals surface area contributed by atoms with Crippen molar-refractivity contribution >= 4 is 22.1 Å². The van der Waals surface area contributed by atoms with Crippen molar-refractivity contribution in [3.8, 4) is 0 Å². The minimum atomic E-state index is -6.68. The number of hydrogen-bond donors (Lipinski definition) is 1. The summed E-state index contributed by atoms with van der Waals surface area (Å²) in [6.45, 7) is 0.190. The second-order valence-corrected chi connectivity index (χ2v) is 7.75. The Balaban J connectivity index is 2.96. The van der Waals surface area contributed by atoms with E-state index in [0.717, 1.165) is 19.3 Å². The Morgan fingerprint density at radius 3 is 2.04 bits per heavy atom. The summed E-state index contributed by atoms with van der Waals surface area (Å²) in [7, 11) is -6.68. The lowest BCUT2D eigenvalue weighted by molar-refractivity contribution is -0.212. The summed E-state index contributed by atoms with van der Waals surface area (Å²) in [4.78, 5) is 23.4. The maximum Gasteiger partial charge on any atom is 0.427 e. The smallest absolute Gasteiger partial charge is 0.427 e. The molecule has 0 aromatic rings. The van der Waals surface area contributed by atoms with Gasteiger partial charge >= 0.3 is 22.9 Å². The minimum Gasteiger partial charge on any atom is -0.457 e. The summed E-state index contributed by atoms with van der Waals surface area (Å²) < 4.78 is 98.8. The van der Waals surface area contributed by atoms with Gasteiger partial charge in [0.1, 0.15) is 5.60 Å². The number of alkyl halides is 5. The van der Waals surface area contributed by atoms with E-state index in [9.17, 15) is 40.0 Å². The predicted molar refractivity (Wildman–Crippen MR) is 79.5 cm³/mol. The van der Waals surface area contributed by atoms with Crippen LogP contribution in [0.5, 0.6) is 0 Å². The van der Waals surface area contributed by atoms with Crippen molar-refractivity contribution in [2.45, 2.75) is 68.4 Å². The third-order valence-corrected chi connectivity index (χ3v) is 5.89. The van der Waals surface area contributed by atoms with Crippen LogP contribution in [0, 0.1) is 0 Å². The van der Waals surface area contributed by atoms with E-state index in [4.69, 9.17) is 9.29 Å². The number of rotatable bonds is 7. The molecule has 1 aliphatic carbocycles. The van der Waals surface area contributed by atoms with Crippen molar-refractivity contribution in [1.82, 2.24) is 0 Å². The molecule has 0 spiro atoms. The molecule has 1 rings (SSSR count). The quantitative estimate of drug-likeness (QED) is 0.379. The third-order valence-electron chi connectivity index (χ3n) is 4.50. The zero-order valence-electron chi connectivity index (χ0n) is 14.2. The van der Waals surface area contributed by atoms with Crippen molar-refractivity contribution < 1.29 is 54.0 Å². The lowest BCUT2D eigenvalue weighted by atomic mass is 9.83. The Morgan fingerprint density at radius 1 is 1.15 bits per heavy atom. The molecule has 1 unspecified atom stereocenters. The summed E-state index contributed by atoms with van der Waals surface area (Å²) in [5.41, 5.74) is -0.908. The van der Waals surface area contributed by atoms with Crippen LogP contribution in [0.3, 0.4) is 0 Å². The average Bonchev–Trinajstić information content (AvgIpc) is 2.51. The van der Waals surface area contributed by atoms with Gasteiger partial charge in [-0.05, 0) is 32.1 Å². The molecule has 1 N–H and O–H groups in total. The largest absolute Gasteiger partial charge is 0.457 e. The van der Waals surface area contributed by atoms with Gasteiger partial charge < -0.3 is 9.47 Å².